The van der Waals surface area contributed by atoms with E-state index in [-0.39, 0.29) is 12.1 Å². The normalized spacial score (nSPS) is 17.9. The van der Waals surface area contributed by atoms with Crippen LogP contribution in [0, 0.1) is 6.92 Å². The van der Waals surface area contributed by atoms with Crippen molar-refractivity contribution in [3.63, 3.8) is 0 Å². The molecule has 3 aromatic rings. The lowest BCUT2D eigenvalue weighted by Crippen LogP contribution is -2.44. The summed E-state index contributed by atoms with van der Waals surface area (Å²) in [5, 5.41) is 3.38. The monoisotopic (exact) mass is 483 g/mol. The summed E-state index contributed by atoms with van der Waals surface area (Å²) < 4.78 is 0. The van der Waals surface area contributed by atoms with Crippen LogP contribution in [0.2, 0.25) is 0 Å². The first-order valence-corrected chi connectivity index (χ1v) is 13.5. The van der Waals surface area contributed by atoms with Gasteiger partial charge in [0.15, 0.2) is 0 Å². The molecule has 0 radical (unpaired) electrons. The predicted molar refractivity (Wildman–Crippen MR) is 150 cm³/mol. The lowest BCUT2D eigenvalue weighted by molar-refractivity contribution is 0.157. The van der Waals surface area contributed by atoms with E-state index in [1.54, 1.807) is 0 Å². The zero-order chi connectivity index (χ0) is 25.7. The number of hydrogen-bond acceptors (Lipinski definition) is 2. The molecule has 1 fully saturated rings. The molecular formula is C32H41N3O. The number of amides is 2. The van der Waals surface area contributed by atoms with E-state index in [9.17, 15) is 4.79 Å². The Morgan fingerprint density at radius 3 is 2.06 bits per heavy atom. The molecule has 190 valence electrons. The topological polar surface area (TPSA) is 45.2 Å². The molecule has 1 aromatic heterocycles. The lowest BCUT2D eigenvalue weighted by Gasteiger charge is -2.37. The Hall–Kier alpha value is -3.14. The van der Waals surface area contributed by atoms with E-state index in [1.165, 1.54) is 16.7 Å². The fourth-order valence-electron chi connectivity index (χ4n) is 5.55. The summed E-state index contributed by atoms with van der Waals surface area (Å²) in [6, 6.07) is 23.5. The van der Waals surface area contributed by atoms with E-state index in [4.69, 9.17) is 4.98 Å². The Morgan fingerprint density at radius 1 is 0.861 bits per heavy atom. The molecule has 0 unspecified atom stereocenters. The molecule has 1 saturated carbocycles. The highest BCUT2D eigenvalue weighted by molar-refractivity contribution is 5.91. The SMILES string of the molecule is Cc1cccc(CN(C(=O)Nc2c(C(C)C)cccc2C(C)C)C2CCC(c3ccccc3)CC2)n1. The second-order valence-corrected chi connectivity index (χ2v) is 10.9. The highest BCUT2D eigenvalue weighted by atomic mass is 16.2. The van der Waals surface area contributed by atoms with Crippen molar-refractivity contribution in [3.05, 3.63) is 94.8 Å². The molecule has 0 atom stereocenters. The number of aryl methyl sites for hydroxylation is 1. The first-order chi connectivity index (χ1) is 17.3. The van der Waals surface area contributed by atoms with Crippen molar-refractivity contribution < 1.29 is 4.79 Å². The van der Waals surface area contributed by atoms with Crippen molar-refractivity contribution in [1.29, 1.82) is 0 Å². The Kier molecular flexibility index (Phi) is 8.45. The average Bonchev–Trinajstić information content (AvgIpc) is 2.88. The number of carbonyl (C=O) groups excluding carboxylic acids is 1. The van der Waals surface area contributed by atoms with Gasteiger partial charge in [-0.1, -0.05) is 82.3 Å². The lowest BCUT2D eigenvalue weighted by atomic mass is 9.81. The maximum absolute atomic E-state index is 14.0. The van der Waals surface area contributed by atoms with Crippen LogP contribution in [0.4, 0.5) is 10.5 Å². The van der Waals surface area contributed by atoms with Crippen molar-refractivity contribution in [2.75, 3.05) is 5.32 Å². The van der Waals surface area contributed by atoms with Crippen molar-refractivity contribution in [3.8, 4) is 0 Å². The summed E-state index contributed by atoms with van der Waals surface area (Å²) in [5.41, 5.74) is 6.70. The smallest absolute Gasteiger partial charge is 0.316 e. The van der Waals surface area contributed by atoms with Gasteiger partial charge in [0.05, 0.1) is 12.2 Å². The minimum atomic E-state index is -0.0172. The van der Waals surface area contributed by atoms with Crippen LogP contribution in [0.1, 0.15) is 99.2 Å². The molecule has 1 aliphatic rings. The van der Waals surface area contributed by atoms with E-state index in [0.717, 1.165) is 42.8 Å². The van der Waals surface area contributed by atoms with Crippen LogP contribution in [-0.2, 0) is 6.54 Å². The van der Waals surface area contributed by atoms with Gasteiger partial charge in [-0.15, -0.1) is 0 Å². The van der Waals surface area contributed by atoms with Gasteiger partial charge < -0.3 is 10.2 Å². The number of nitrogens with one attached hydrogen (secondary N) is 1. The number of benzene rings is 2. The molecule has 2 aromatic carbocycles. The van der Waals surface area contributed by atoms with Crippen LogP contribution in [0.15, 0.2) is 66.7 Å². The second-order valence-electron chi connectivity index (χ2n) is 10.9. The van der Waals surface area contributed by atoms with Gasteiger partial charge in [-0.3, -0.25) is 4.98 Å². The third-order valence-electron chi connectivity index (χ3n) is 7.55. The Morgan fingerprint density at radius 2 is 1.47 bits per heavy atom. The average molecular weight is 484 g/mol. The summed E-state index contributed by atoms with van der Waals surface area (Å²) >= 11 is 0. The van der Waals surface area contributed by atoms with Crippen LogP contribution in [0.3, 0.4) is 0 Å². The number of carbonyl (C=O) groups is 1. The third-order valence-corrected chi connectivity index (χ3v) is 7.55. The van der Waals surface area contributed by atoms with Gasteiger partial charge in [0.1, 0.15) is 0 Å². The summed E-state index contributed by atoms with van der Waals surface area (Å²) in [5.74, 6) is 1.22. The van der Waals surface area contributed by atoms with Gasteiger partial charge in [0, 0.05) is 17.4 Å². The Bertz CT molecular complexity index is 1120. The fraction of sp³-hybridized carbons (Fsp3) is 0.438. The van der Waals surface area contributed by atoms with Crippen molar-refractivity contribution in [2.45, 2.75) is 90.6 Å². The van der Waals surface area contributed by atoms with Gasteiger partial charge in [0.25, 0.3) is 0 Å². The summed E-state index contributed by atoms with van der Waals surface area (Å²) in [6.45, 7) is 11.3. The molecular weight excluding hydrogens is 442 g/mol. The largest absolute Gasteiger partial charge is 0.322 e. The number of pyridine rings is 1. The zero-order valence-electron chi connectivity index (χ0n) is 22.5. The molecule has 1 aliphatic carbocycles. The summed E-state index contributed by atoms with van der Waals surface area (Å²) in [6.07, 6.45) is 4.20. The number of urea groups is 1. The van der Waals surface area contributed by atoms with Gasteiger partial charge in [-0.25, -0.2) is 4.79 Å². The van der Waals surface area contributed by atoms with Gasteiger partial charge in [-0.2, -0.15) is 0 Å². The molecule has 4 heteroatoms. The van der Waals surface area contributed by atoms with E-state index >= 15 is 0 Å². The molecule has 1 heterocycles. The number of hydrogen-bond donors (Lipinski definition) is 1. The first-order valence-electron chi connectivity index (χ1n) is 13.5. The van der Waals surface area contributed by atoms with Crippen LogP contribution >= 0.6 is 0 Å². The minimum Gasteiger partial charge on any atom is -0.316 e. The number of anilines is 1. The van der Waals surface area contributed by atoms with Crippen LogP contribution in [0.25, 0.3) is 0 Å². The maximum Gasteiger partial charge on any atom is 0.322 e. The molecule has 0 bridgehead atoms. The molecule has 0 aliphatic heterocycles. The number of rotatable bonds is 7. The van der Waals surface area contributed by atoms with Crippen molar-refractivity contribution >= 4 is 11.7 Å². The van der Waals surface area contributed by atoms with Crippen molar-refractivity contribution in [2.24, 2.45) is 0 Å². The van der Waals surface area contributed by atoms with Crippen molar-refractivity contribution in [1.82, 2.24) is 9.88 Å². The second kappa shape index (κ2) is 11.7. The molecule has 4 nitrogen and oxygen atoms in total. The number of para-hydroxylation sites is 1. The quantitative estimate of drug-likeness (QED) is 0.367. The standard InChI is InChI=1S/C32H41N3O/c1-22(2)29-15-10-16-30(23(3)4)31(29)34-32(36)35(21-27-14-9-11-24(5)33-27)28-19-17-26(18-20-28)25-12-7-6-8-13-25/h6-16,22-23,26,28H,17-21H2,1-5H3,(H,34,36). The Balaban J connectivity index is 1.59. The van der Waals surface area contributed by atoms with Gasteiger partial charge in [-0.05, 0) is 79.2 Å². The fourth-order valence-corrected chi connectivity index (χ4v) is 5.55. The highest BCUT2D eigenvalue weighted by Crippen LogP contribution is 2.36. The van der Waals surface area contributed by atoms with Gasteiger partial charge in [0.2, 0.25) is 0 Å². The van der Waals surface area contributed by atoms with E-state index in [0.29, 0.717) is 24.3 Å². The molecule has 1 N–H and O–H groups in total. The summed E-state index contributed by atoms with van der Waals surface area (Å²) in [4.78, 5) is 20.8. The molecule has 0 saturated heterocycles. The van der Waals surface area contributed by atoms with E-state index in [1.807, 2.05) is 30.0 Å². The third kappa shape index (κ3) is 6.16. The van der Waals surface area contributed by atoms with Gasteiger partial charge >= 0.3 is 6.03 Å². The number of nitrogens with zero attached hydrogens (tertiary/aromatic N) is 2. The van der Waals surface area contributed by atoms with E-state index < -0.39 is 0 Å². The molecule has 2 amide bonds. The highest BCUT2D eigenvalue weighted by Gasteiger charge is 2.31. The summed E-state index contributed by atoms with van der Waals surface area (Å²) in [7, 11) is 0. The minimum absolute atomic E-state index is 0.0172. The van der Waals surface area contributed by atoms with E-state index in [2.05, 4.69) is 81.5 Å². The molecule has 4 rings (SSSR count). The van der Waals surface area contributed by atoms with Crippen LogP contribution in [-0.4, -0.2) is 22.0 Å². The van der Waals surface area contributed by atoms with Crippen LogP contribution < -0.4 is 5.32 Å². The zero-order valence-corrected chi connectivity index (χ0v) is 22.5. The molecule has 0 spiro atoms. The molecule has 36 heavy (non-hydrogen) atoms. The number of aromatic nitrogens is 1. The first kappa shape index (κ1) is 25.9. The van der Waals surface area contributed by atoms with Crippen LogP contribution in [0.5, 0.6) is 0 Å². The Labute approximate surface area is 217 Å². The maximum atomic E-state index is 14.0. The predicted octanol–water partition coefficient (Wildman–Crippen LogP) is 8.40.